The molecule has 6 heteroatoms. The van der Waals surface area contributed by atoms with Crippen LogP contribution in [0.1, 0.15) is 22.7 Å². The predicted octanol–water partition coefficient (Wildman–Crippen LogP) is 4.36. The van der Waals surface area contributed by atoms with Crippen molar-refractivity contribution < 1.29 is 14.8 Å². The van der Waals surface area contributed by atoms with Crippen molar-refractivity contribution in [2.24, 2.45) is 0 Å². The van der Waals surface area contributed by atoms with E-state index in [0.717, 1.165) is 22.4 Å². The first-order chi connectivity index (χ1) is 13.5. The SMILES string of the molecule is Cc1ccc2c(c1)N(Cc1cccc([N+](=O)[O-])c1)C(c1ccccc1)C(O)O2. The Morgan fingerprint density at radius 1 is 1.07 bits per heavy atom. The first-order valence-electron chi connectivity index (χ1n) is 9.03. The fraction of sp³-hybridized carbons (Fsp3) is 0.182. The van der Waals surface area contributed by atoms with E-state index in [-0.39, 0.29) is 5.69 Å². The molecule has 4 rings (SSSR count). The number of benzene rings is 3. The molecule has 28 heavy (non-hydrogen) atoms. The van der Waals surface area contributed by atoms with Gasteiger partial charge in [0, 0.05) is 18.7 Å². The zero-order valence-corrected chi connectivity index (χ0v) is 15.4. The van der Waals surface area contributed by atoms with Crippen LogP contribution in [0.15, 0.2) is 72.8 Å². The Bertz CT molecular complexity index is 1010. The number of nitro groups is 1. The minimum atomic E-state index is -1.06. The van der Waals surface area contributed by atoms with Crippen molar-refractivity contribution in [3.05, 3.63) is 99.6 Å². The highest BCUT2D eigenvalue weighted by Gasteiger charge is 2.36. The lowest BCUT2D eigenvalue weighted by Crippen LogP contribution is -2.43. The third-order valence-corrected chi connectivity index (χ3v) is 4.89. The number of nitro benzene ring substituents is 1. The fourth-order valence-corrected chi connectivity index (χ4v) is 3.59. The number of nitrogens with zero attached hydrogens (tertiary/aromatic N) is 2. The van der Waals surface area contributed by atoms with Crippen molar-refractivity contribution in [3.63, 3.8) is 0 Å². The van der Waals surface area contributed by atoms with E-state index >= 15 is 0 Å². The molecule has 1 aliphatic heterocycles. The van der Waals surface area contributed by atoms with Crippen LogP contribution >= 0.6 is 0 Å². The molecule has 0 radical (unpaired) electrons. The van der Waals surface area contributed by atoms with Crippen LogP contribution in [0.4, 0.5) is 11.4 Å². The van der Waals surface area contributed by atoms with E-state index in [1.807, 2.05) is 66.4 Å². The van der Waals surface area contributed by atoms with Crippen LogP contribution in [-0.2, 0) is 6.54 Å². The van der Waals surface area contributed by atoms with Crippen molar-refractivity contribution in [2.45, 2.75) is 25.8 Å². The van der Waals surface area contributed by atoms with Gasteiger partial charge in [-0.3, -0.25) is 10.1 Å². The molecule has 0 saturated heterocycles. The van der Waals surface area contributed by atoms with E-state index in [1.54, 1.807) is 12.1 Å². The van der Waals surface area contributed by atoms with Crippen LogP contribution in [0.5, 0.6) is 5.75 Å². The van der Waals surface area contributed by atoms with E-state index in [1.165, 1.54) is 6.07 Å². The Hall–Kier alpha value is -3.38. The smallest absolute Gasteiger partial charge is 0.269 e. The minimum Gasteiger partial charge on any atom is -0.460 e. The van der Waals surface area contributed by atoms with Gasteiger partial charge in [0.1, 0.15) is 11.8 Å². The van der Waals surface area contributed by atoms with E-state index < -0.39 is 17.3 Å². The van der Waals surface area contributed by atoms with E-state index in [0.29, 0.717) is 12.3 Å². The van der Waals surface area contributed by atoms with E-state index in [4.69, 9.17) is 4.74 Å². The summed E-state index contributed by atoms with van der Waals surface area (Å²) in [5.74, 6) is 0.593. The number of aliphatic hydroxyl groups is 1. The molecular formula is C22H20N2O4. The first kappa shape index (κ1) is 18.0. The summed E-state index contributed by atoms with van der Waals surface area (Å²) in [4.78, 5) is 12.8. The molecule has 1 heterocycles. The van der Waals surface area contributed by atoms with Crippen molar-refractivity contribution in [3.8, 4) is 5.75 Å². The normalized spacial score (nSPS) is 18.3. The molecule has 0 saturated carbocycles. The maximum Gasteiger partial charge on any atom is 0.269 e. The molecule has 2 unspecified atom stereocenters. The number of aliphatic hydroxyl groups excluding tert-OH is 1. The van der Waals surface area contributed by atoms with Gasteiger partial charge in [-0.25, -0.2) is 0 Å². The highest BCUT2D eigenvalue weighted by Crippen LogP contribution is 2.43. The van der Waals surface area contributed by atoms with Crippen molar-refractivity contribution in [1.82, 2.24) is 0 Å². The second-order valence-corrected chi connectivity index (χ2v) is 6.89. The number of hydrogen-bond acceptors (Lipinski definition) is 5. The largest absolute Gasteiger partial charge is 0.460 e. The van der Waals surface area contributed by atoms with Crippen LogP contribution < -0.4 is 9.64 Å². The summed E-state index contributed by atoms with van der Waals surface area (Å²) in [5.41, 5.74) is 3.66. The van der Waals surface area contributed by atoms with E-state index in [2.05, 4.69) is 0 Å². The average molecular weight is 376 g/mol. The maximum atomic E-state index is 11.2. The maximum absolute atomic E-state index is 11.2. The van der Waals surface area contributed by atoms with Crippen LogP contribution in [0, 0.1) is 17.0 Å². The summed E-state index contributed by atoms with van der Waals surface area (Å²) < 4.78 is 5.79. The van der Waals surface area contributed by atoms with Gasteiger partial charge in [0.25, 0.3) is 5.69 Å². The molecule has 0 aromatic heterocycles. The van der Waals surface area contributed by atoms with Crippen molar-refractivity contribution >= 4 is 11.4 Å². The Balaban J connectivity index is 1.80. The molecule has 0 bridgehead atoms. The molecular weight excluding hydrogens is 356 g/mol. The van der Waals surface area contributed by atoms with Gasteiger partial charge in [0.2, 0.25) is 6.29 Å². The highest BCUT2D eigenvalue weighted by atomic mass is 16.6. The molecule has 2 atom stereocenters. The van der Waals surface area contributed by atoms with Gasteiger partial charge in [-0.05, 0) is 35.7 Å². The number of aryl methyl sites for hydroxylation is 1. The van der Waals surface area contributed by atoms with Crippen molar-refractivity contribution in [1.29, 1.82) is 0 Å². The topological polar surface area (TPSA) is 75.8 Å². The molecule has 0 aliphatic carbocycles. The summed E-state index contributed by atoms with van der Waals surface area (Å²) in [6.07, 6.45) is -1.06. The second-order valence-electron chi connectivity index (χ2n) is 6.89. The Morgan fingerprint density at radius 3 is 2.61 bits per heavy atom. The lowest BCUT2D eigenvalue weighted by Gasteiger charge is -2.42. The van der Waals surface area contributed by atoms with E-state index in [9.17, 15) is 15.2 Å². The standard InChI is InChI=1S/C22H20N2O4/c1-15-10-11-20-19(12-15)23(14-16-6-5-9-18(13-16)24(26)27)21(22(25)28-20)17-7-3-2-4-8-17/h2-13,21-22,25H,14H2,1H3. The number of ether oxygens (including phenoxy) is 1. The predicted molar refractivity (Wildman–Crippen MR) is 106 cm³/mol. The zero-order valence-electron chi connectivity index (χ0n) is 15.4. The summed E-state index contributed by atoms with van der Waals surface area (Å²) in [6, 6.07) is 21.6. The molecule has 3 aromatic carbocycles. The highest BCUT2D eigenvalue weighted by molar-refractivity contribution is 5.63. The Kier molecular flexibility index (Phi) is 4.71. The number of anilines is 1. The minimum absolute atomic E-state index is 0.0482. The molecule has 0 fully saturated rings. The Labute approximate surface area is 162 Å². The third-order valence-electron chi connectivity index (χ3n) is 4.89. The number of fused-ring (bicyclic) bond motifs is 1. The molecule has 1 aliphatic rings. The first-order valence-corrected chi connectivity index (χ1v) is 9.03. The van der Waals surface area contributed by atoms with Gasteiger partial charge in [0.15, 0.2) is 0 Å². The van der Waals surface area contributed by atoms with Crippen LogP contribution in [0.3, 0.4) is 0 Å². The molecule has 142 valence electrons. The van der Waals surface area contributed by atoms with Crippen LogP contribution in [0.2, 0.25) is 0 Å². The van der Waals surface area contributed by atoms with Gasteiger partial charge in [-0.15, -0.1) is 0 Å². The van der Waals surface area contributed by atoms with Crippen LogP contribution in [-0.4, -0.2) is 16.3 Å². The molecule has 0 amide bonds. The van der Waals surface area contributed by atoms with Gasteiger partial charge in [0.05, 0.1) is 10.6 Å². The lowest BCUT2D eigenvalue weighted by atomic mass is 10.00. The number of rotatable bonds is 4. The average Bonchev–Trinajstić information content (AvgIpc) is 2.69. The number of non-ortho nitro benzene ring substituents is 1. The quantitative estimate of drug-likeness (QED) is 0.541. The van der Waals surface area contributed by atoms with Crippen molar-refractivity contribution in [2.75, 3.05) is 4.90 Å². The van der Waals surface area contributed by atoms with Gasteiger partial charge >= 0.3 is 0 Å². The summed E-state index contributed by atoms with van der Waals surface area (Å²) in [6.45, 7) is 2.40. The molecule has 3 aromatic rings. The Morgan fingerprint density at radius 2 is 1.86 bits per heavy atom. The molecule has 0 spiro atoms. The molecule has 1 N–H and O–H groups in total. The van der Waals surface area contributed by atoms with Gasteiger partial charge in [-0.2, -0.15) is 0 Å². The number of hydrogen-bond donors (Lipinski definition) is 1. The summed E-state index contributed by atoms with van der Waals surface area (Å²) in [5, 5.41) is 21.9. The fourth-order valence-electron chi connectivity index (χ4n) is 3.59. The second kappa shape index (κ2) is 7.32. The summed E-state index contributed by atoms with van der Waals surface area (Å²) in [7, 11) is 0. The summed E-state index contributed by atoms with van der Waals surface area (Å²) >= 11 is 0. The third kappa shape index (κ3) is 3.42. The van der Waals surface area contributed by atoms with Gasteiger partial charge in [-0.1, -0.05) is 48.5 Å². The lowest BCUT2D eigenvalue weighted by molar-refractivity contribution is -0.384. The van der Waals surface area contributed by atoms with Gasteiger partial charge < -0.3 is 14.7 Å². The molecule has 6 nitrogen and oxygen atoms in total. The monoisotopic (exact) mass is 376 g/mol. The van der Waals surface area contributed by atoms with Crippen LogP contribution in [0.25, 0.3) is 0 Å². The zero-order chi connectivity index (χ0) is 19.7.